The van der Waals surface area contributed by atoms with Gasteiger partial charge in [-0.2, -0.15) is 5.26 Å². The van der Waals surface area contributed by atoms with Crippen LogP contribution in [-0.4, -0.2) is 50.2 Å². The number of anilines is 1. The standard InChI is InChI=1S/C25H23FN6O3/c1-31(2)13-15-3-5-16(6-4-15)19-12-28-24(32-14-17(11-27)29-23(19)32)30-25(33,34)22-18-9-10-35-21(18)8-7-20(22)26/h3-8,12,14,33-34H,9-10,13H2,1-2H3,(H,28,30). The molecule has 1 aliphatic rings. The summed E-state index contributed by atoms with van der Waals surface area (Å²) in [7, 11) is 3.98. The molecule has 0 aliphatic carbocycles. The third kappa shape index (κ3) is 4.17. The zero-order chi connectivity index (χ0) is 24.7. The van der Waals surface area contributed by atoms with Crippen molar-refractivity contribution in [1.29, 1.82) is 5.26 Å². The number of fused-ring (bicyclic) bond motifs is 2. The van der Waals surface area contributed by atoms with Crippen molar-refractivity contribution in [2.24, 2.45) is 0 Å². The molecule has 4 aromatic rings. The monoisotopic (exact) mass is 474 g/mol. The molecule has 3 N–H and O–H groups in total. The van der Waals surface area contributed by atoms with Crippen LogP contribution < -0.4 is 10.1 Å². The normalized spacial score (nSPS) is 13.1. The Kier molecular flexibility index (Phi) is 5.61. The van der Waals surface area contributed by atoms with Crippen molar-refractivity contribution < 1.29 is 19.3 Å². The fraction of sp³-hybridized carbons (Fsp3) is 0.240. The molecule has 5 rings (SSSR count). The predicted octanol–water partition coefficient (Wildman–Crippen LogP) is 2.61. The van der Waals surface area contributed by atoms with Gasteiger partial charge in [-0.05, 0) is 37.4 Å². The molecule has 0 saturated carbocycles. The largest absolute Gasteiger partial charge is 0.493 e. The summed E-state index contributed by atoms with van der Waals surface area (Å²) in [6.45, 7) is 1.11. The van der Waals surface area contributed by atoms with Gasteiger partial charge < -0.3 is 25.2 Å². The van der Waals surface area contributed by atoms with Crippen molar-refractivity contribution in [2.75, 3.05) is 26.0 Å². The van der Waals surface area contributed by atoms with Gasteiger partial charge in [-0.25, -0.2) is 14.4 Å². The summed E-state index contributed by atoms with van der Waals surface area (Å²) in [6.07, 6.45) is 3.29. The van der Waals surface area contributed by atoms with Crippen LogP contribution in [0.25, 0.3) is 16.8 Å². The molecular weight excluding hydrogens is 451 g/mol. The maximum absolute atomic E-state index is 14.7. The Morgan fingerprint density at radius 2 is 2.00 bits per heavy atom. The Balaban J connectivity index is 1.56. The van der Waals surface area contributed by atoms with Gasteiger partial charge >= 0.3 is 0 Å². The molecule has 178 valence electrons. The van der Waals surface area contributed by atoms with Crippen LogP contribution in [0, 0.1) is 17.1 Å². The average molecular weight is 474 g/mol. The van der Waals surface area contributed by atoms with E-state index in [0.717, 1.165) is 23.7 Å². The van der Waals surface area contributed by atoms with Crippen molar-refractivity contribution in [3.05, 3.63) is 77.0 Å². The minimum absolute atomic E-state index is 0.0251. The van der Waals surface area contributed by atoms with Gasteiger partial charge in [-0.1, -0.05) is 24.3 Å². The molecule has 0 fully saturated rings. The number of aliphatic hydroxyl groups is 2. The zero-order valence-corrected chi connectivity index (χ0v) is 19.2. The fourth-order valence-electron chi connectivity index (χ4n) is 4.32. The van der Waals surface area contributed by atoms with E-state index in [4.69, 9.17) is 4.74 Å². The summed E-state index contributed by atoms with van der Waals surface area (Å²) in [5.41, 5.74) is 3.16. The summed E-state index contributed by atoms with van der Waals surface area (Å²) in [6, 6.07) is 12.5. The number of nitrogens with one attached hydrogen (secondary N) is 1. The van der Waals surface area contributed by atoms with Crippen LogP contribution in [0.1, 0.15) is 22.4 Å². The second-order valence-corrected chi connectivity index (χ2v) is 8.66. The topological polar surface area (TPSA) is 119 Å². The number of imidazole rings is 1. The quantitative estimate of drug-likeness (QED) is 0.365. The van der Waals surface area contributed by atoms with Gasteiger partial charge in [-0.15, -0.1) is 0 Å². The molecule has 0 saturated heterocycles. The van der Waals surface area contributed by atoms with E-state index in [0.29, 0.717) is 35.6 Å². The van der Waals surface area contributed by atoms with Crippen LogP contribution in [0.2, 0.25) is 0 Å². The van der Waals surface area contributed by atoms with Crippen molar-refractivity contribution in [2.45, 2.75) is 18.9 Å². The fourth-order valence-corrected chi connectivity index (χ4v) is 4.32. The molecule has 2 aromatic carbocycles. The highest BCUT2D eigenvalue weighted by molar-refractivity contribution is 5.78. The molecule has 9 nitrogen and oxygen atoms in total. The molecule has 0 spiro atoms. The number of benzene rings is 2. The molecular formula is C25H23FN6O3. The summed E-state index contributed by atoms with van der Waals surface area (Å²) in [4.78, 5) is 10.8. The summed E-state index contributed by atoms with van der Waals surface area (Å²) >= 11 is 0. The number of nitriles is 1. The lowest BCUT2D eigenvalue weighted by Gasteiger charge is -2.26. The van der Waals surface area contributed by atoms with Crippen LogP contribution >= 0.6 is 0 Å². The number of nitrogens with zero attached hydrogens (tertiary/aromatic N) is 5. The molecule has 2 aromatic heterocycles. The summed E-state index contributed by atoms with van der Waals surface area (Å²) < 4.78 is 21.6. The number of rotatable bonds is 6. The van der Waals surface area contributed by atoms with E-state index < -0.39 is 11.7 Å². The van der Waals surface area contributed by atoms with Gasteiger partial charge in [-0.3, -0.25) is 4.40 Å². The van der Waals surface area contributed by atoms with Crippen LogP contribution in [0.3, 0.4) is 0 Å². The third-order valence-corrected chi connectivity index (χ3v) is 5.83. The minimum Gasteiger partial charge on any atom is -0.493 e. The maximum atomic E-state index is 14.7. The smallest absolute Gasteiger partial charge is 0.278 e. The highest BCUT2D eigenvalue weighted by Crippen LogP contribution is 2.36. The predicted molar refractivity (Wildman–Crippen MR) is 126 cm³/mol. The Morgan fingerprint density at radius 1 is 1.23 bits per heavy atom. The number of ether oxygens (including phenoxy) is 1. The second-order valence-electron chi connectivity index (χ2n) is 8.66. The average Bonchev–Trinajstić information content (AvgIpc) is 3.46. The second kappa shape index (κ2) is 8.63. The first-order valence-electron chi connectivity index (χ1n) is 11.0. The highest BCUT2D eigenvalue weighted by atomic mass is 19.1. The molecule has 0 radical (unpaired) electrons. The van der Waals surface area contributed by atoms with Crippen molar-refractivity contribution >= 4 is 11.6 Å². The van der Waals surface area contributed by atoms with E-state index in [9.17, 15) is 19.9 Å². The van der Waals surface area contributed by atoms with E-state index in [2.05, 4.69) is 20.2 Å². The molecule has 0 amide bonds. The van der Waals surface area contributed by atoms with Crippen LogP contribution in [0.4, 0.5) is 10.3 Å². The van der Waals surface area contributed by atoms with Gasteiger partial charge in [0.15, 0.2) is 11.3 Å². The SMILES string of the molecule is CN(C)Cc1ccc(-c2cnc(NC(O)(O)c3c(F)ccc4c3CCO4)n3cc(C#N)nc23)cc1. The lowest BCUT2D eigenvalue weighted by molar-refractivity contribution is -0.146. The molecule has 0 bridgehead atoms. The van der Waals surface area contributed by atoms with Crippen molar-refractivity contribution in [3.63, 3.8) is 0 Å². The van der Waals surface area contributed by atoms with E-state index in [1.165, 1.54) is 22.9 Å². The van der Waals surface area contributed by atoms with Gasteiger partial charge in [0, 0.05) is 30.3 Å². The number of hydrogen-bond acceptors (Lipinski definition) is 8. The van der Waals surface area contributed by atoms with Gasteiger partial charge in [0.05, 0.1) is 18.4 Å². The van der Waals surface area contributed by atoms with Gasteiger partial charge in [0.2, 0.25) is 5.95 Å². The Bertz CT molecular complexity index is 1460. The summed E-state index contributed by atoms with van der Waals surface area (Å²) in [5.74, 6) is -3.21. The zero-order valence-electron chi connectivity index (χ0n) is 19.2. The molecule has 0 atom stereocenters. The van der Waals surface area contributed by atoms with Crippen LogP contribution in [0.5, 0.6) is 5.75 Å². The van der Waals surface area contributed by atoms with Gasteiger partial charge in [0.25, 0.3) is 5.91 Å². The third-order valence-electron chi connectivity index (χ3n) is 5.83. The van der Waals surface area contributed by atoms with E-state index in [-0.39, 0.29) is 17.2 Å². The number of hydrogen-bond donors (Lipinski definition) is 3. The number of aromatic nitrogens is 3. The minimum atomic E-state index is -2.80. The van der Waals surface area contributed by atoms with Crippen molar-refractivity contribution in [1.82, 2.24) is 19.3 Å². The number of halogens is 1. The van der Waals surface area contributed by atoms with Crippen LogP contribution in [-0.2, 0) is 18.9 Å². The van der Waals surface area contributed by atoms with E-state index in [1.807, 2.05) is 44.4 Å². The van der Waals surface area contributed by atoms with Crippen molar-refractivity contribution in [3.8, 4) is 22.9 Å². The Labute approximate surface area is 200 Å². The van der Waals surface area contributed by atoms with E-state index >= 15 is 0 Å². The lowest BCUT2D eigenvalue weighted by atomic mass is 10.0. The molecule has 3 heterocycles. The first-order valence-corrected chi connectivity index (χ1v) is 11.0. The Morgan fingerprint density at radius 3 is 2.71 bits per heavy atom. The first-order chi connectivity index (χ1) is 16.8. The molecule has 35 heavy (non-hydrogen) atoms. The molecule has 10 heteroatoms. The molecule has 1 aliphatic heterocycles. The highest BCUT2D eigenvalue weighted by Gasteiger charge is 2.36. The van der Waals surface area contributed by atoms with Crippen LogP contribution in [0.15, 0.2) is 48.8 Å². The lowest BCUT2D eigenvalue weighted by Crippen LogP contribution is -2.37. The first kappa shape index (κ1) is 22.7. The van der Waals surface area contributed by atoms with E-state index in [1.54, 1.807) is 0 Å². The summed E-state index contributed by atoms with van der Waals surface area (Å²) in [5, 5.41) is 33.7. The Hall–Kier alpha value is -4.04. The maximum Gasteiger partial charge on any atom is 0.278 e. The molecule has 0 unspecified atom stereocenters. The van der Waals surface area contributed by atoms with Gasteiger partial charge in [0.1, 0.15) is 17.6 Å².